The number of amides is 1. The van der Waals surface area contributed by atoms with Crippen molar-refractivity contribution < 1.29 is 14.3 Å². The molecule has 31 heavy (non-hydrogen) atoms. The molecule has 1 aliphatic rings. The summed E-state index contributed by atoms with van der Waals surface area (Å²) in [5, 5.41) is 3.78. The fourth-order valence-electron chi connectivity index (χ4n) is 3.69. The molecular weight excluding hydrogens is 414 g/mol. The van der Waals surface area contributed by atoms with E-state index < -0.39 is 0 Å². The molecule has 1 amide bonds. The number of ether oxygens (including phenoxy) is 2. The molecule has 2 aromatic carbocycles. The van der Waals surface area contributed by atoms with Crippen LogP contribution >= 0.6 is 11.8 Å². The summed E-state index contributed by atoms with van der Waals surface area (Å²) in [6, 6.07) is 12.9. The summed E-state index contributed by atoms with van der Waals surface area (Å²) in [5.41, 5.74) is 1.38. The van der Waals surface area contributed by atoms with Gasteiger partial charge in [0.2, 0.25) is 5.91 Å². The molecule has 0 bridgehead atoms. The molecule has 1 atom stereocenters. The predicted molar refractivity (Wildman–Crippen MR) is 121 cm³/mol. The summed E-state index contributed by atoms with van der Waals surface area (Å²) in [4.78, 5) is 30.6. The van der Waals surface area contributed by atoms with Crippen LogP contribution in [-0.2, 0) is 11.3 Å². The van der Waals surface area contributed by atoms with Crippen molar-refractivity contribution in [2.75, 3.05) is 20.8 Å². The number of nitrogens with zero attached hydrogens (tertiary/aromatic N) is 2. The molecule has 4 rings (SSSR count). The van der Waals surface area contributed by atoms with Crippen molar-refractivity contribution in [1.29, 1.82) is 0 Å². The maximum absolute atomic E-state index is 13.4. The SMILES string of the molecule is COc1ccc(Cn2c(S[C@H]3CCCCNC3=O)nc3ccccc3c2=O)cc1OC. The van der Waals surface area contributed by atoms with Gasteiger partial charge in [0.05, 0.1) is 36.9 Å². The molecule has 0 saturated carbocycles. The van der Waals surface area contributed by atoms with E-state index in [2.05, 4.69) is 5.32 Å². The number of aromatic nitrogens is 2. The van der Waals surface area contributed by atoms with Gasteiger partial charge in [0, 0.05) is 6.54 Å². The van der Waals surface area contributed by atoms with E-state index >= 15 is 0 Å². The van der Waals surface area contributed by atoms with Gasteiger partial charge in [0.1, 0.15) is 0 Å². The van der Waals surface area contributed by atoms with E-state index in [9.17, 15) is 9.59 Å². The summed E-state index contributed by atoms with van der Waals surface area (Å²) in [7, 11) is 3.17. The number of carbonyl (C=O) groups is 1. The van der Waals surface area contributed by atoms with Gasteiger partial charge in [-0.3, -0.25) is 14.2 Å². The standard InChI is InChI=1S/C23H25N3O4S/c1-29-18-11-10-15(13-19(18)30-2)14-26-22(28)16-7-3-4-8-17(16)25-23(26)31-20-9-5-6-12-24-21(20)27/h3-4,7-8,10-11,13,20H,5-6,9,12,14H2,1-2H3,(H,24,27)/t20-/m0/s1. The van der Waals surface area contributed by atoms with E-state index in [1.54, 1.807) is 24.9 Å². The topological polar surface area (TPSA) is 82.5 Å². The number of benzene rings is 2. The Balaban J connectivity index is 1.77. The maximum Gasteiger partial charge on any atom is 0.262 e. The molecule has 1 aliphatic heterocycles. The van der Waals surface area contributed by atoms with E-state index in [1.165, 1.54) is 11.8 Å². The maximum atomic E-state index is 13.4. The zero-order valence-corrected chi connectivity index (χ0v) is 18.4. The van der Waals surface area contributed by atoms with Crippen molar-refractivity contribution in [3.05, 3.63) is 58.4 Å². The van der Waals surface area contributed by atoms with Crippen molar-refractivity contribution in [2.24, 2.45) is 0 Å². The van der Waals surface area contributed by atoms with Crippen molar-refractivity contribution >= 4 is 28.6 Å². The van der Waals surface area contributed by atoms with Crippen molar-refractivity contribution in [3.63, 3.8) is 0 Å². The minimum atomic E-state index is -0.271. The van der Waals surface area contributed by atoms with Crippen LogP contribution in [0.2, 0.25) is 0 Å². The average molecular weight is 440 g/mol. The fraction of sp³-hybridized carbons (Fsp3) is 0.348. The zero-order chi connectivity index (χ0) is 21.8. The van der Waals surface area contributed by atoms with Gasteiger partial charge in [0.25, 0.3) is 5.56 Å². The van der Waals surface area contributed by atoms with Crippen molar-refractivity contribution in [1.82, 2.24) is 14.9 Å². The lowest BCUT2D eigenvalue weighted by Gasteiger charge is -2.18. The third-order valence-corrected chi connectivity index (χ3v) is 6.60. The average Bonchev–Trinajstić information content (AvgIpc) is 3.00. The van der Waals surface area contributed by atoms with Gasteiger partial charge in [-0.15, -0.1) is 0 Å². The highest BCUT2D eigenvalue weighted by Crippen LogP contribution is 2.30. The van der Waals surface area contributed by atoms with Crippen LogP contribution in [0.4, 0.5) is 0 Å². The van der Waals surface area contributed by atoms with Crippen molar-refractivity contribution in [2.45, 2.75) is 36.2 Å². The molecule has 1 saturated heterocycles. The zero-order valence-electron chi connectivity index (χ0n) is 17.6. The Labute approximate surface area is 184 Å². The Morgan fingerprint density at radius 1 is 1.10 bits per heavy atom. The number of hydrogen-bond donors (Lipinski definition) is 1. The second kappa shape index (κ2) is 9.43. The summed E-state index contributed by atoms with van der Waals surface area (Å²) >= 11 is 1.36. The molecule has 0 unspecified atom stereocenters. The van der Waals surface area contributed by atoms with E-state index in [1.807, 2.05) is 36.4 Å². The molecule has 1 N–H and O–H groups in total. The van der Waals surface area contributed by atoms with Crippen LogP contribution in [0.5, 0.6) is 11.5 Å². The predicted octanol–water partition coefficient (Wildman–Crippen LogP) is 3.22. The number of fused-ring (bicyclic) bond motifs is 1. The lowest BCUT2D eigenvalue weighted by Crippen LogP contribution is -2.32. The Hall–Kier alpha value is -3.00. The minimum absolute atomic E-state index is 0.00238. The molecule has 0 spiro atoms. The van der Waals surface area contributed by atoms with E-state index in [0.717, 1.165) is 24.8 Å². The van der Waals surface area contributed by atoms with Crippen LogP contribution in [0, 0.1) is 0 Å². The Kier molecular flexibility index (Phi) is 6.46. The molecule has 2 heterocycles. The van der Waals surface area contributed by atoms with E-state index in [4.69, 9.17) is 14.5 Å². The smallest absolute Gasteiger partial charge is 0.262 e. The van der Waals surface area contributed by atoms with Crippen LogP contribution in [0.15, 0.2) is 52.4 Å². The molecule has 8 heteroatoms. The molecule has 7 nitrogen and oxygen atoms in total. The van der Waals surface area contributed by atoms with Gasteiger partial charge in [0.15, 0.2) is 16.7 Å². The summed E-state index contributed by atoms with van der Waals surface area (Å²) in [6.07, 6.45) is 2.69. The van der Waals surface area contributed by atoms with Gasteiger partial charge in [-0.2, -0.15) is 0 Å². The van der Waals surface area contributed by atoms with Gasteiger partial charge in [-0.25, -0.2) is 4.98 Å². The first-order valence-electron chi connectivity index (χ1n) is 10.3. The highest BCUT2D eigenvalue weighted by Gasteiger charge is 2.25. The van der Waals surface area contributed by atoms with Gasteiger partial charge in [-0.1, -0.05) is 36.4 Å². The second-order valence-electron chi connectivity index (χ2n) is 7.39. The van der Waals surface area contributed by atoms with Crippen LogP contribution in [-0.4, -0.2) is 41.5 Å². The highest BCUT2D eigenvalue weighted by atomic mass is 32.2. The molecule has 162 valence electrons. The van der Waals surface area contributed by atoms with Crippen LogP contribution in [0.3, 0.4) is 0 Å². The first-order valence-corrected chi connectivity index (χ1v) is 11.1. The van der Waals surface area contributed by atoms with Crippen LogP contribution < -0.4 is 20.3 Å². The van der Waals surface area contributed by atoms with E-state index in [-0.39, 0.29) is 16.7 Å². The molecular formula is C23H25N3O4S. The number of hydrogen-bond acceptors (Lipinski definition) is 6. The number of methoxy groups -OCH3 is 2. The van der Waals surface area contributed by atoms with Crippen LogP contribution in [0.25, 0.3) is 10.9 Å². The third kappa shape index (κ3) is 4.54. The number of nitrogens with one attached hydrogen (secondary N) is 1. The largest absolute Gasteiger partial charge is 0.493 e. The normalized spacial score (nSPS) is 16.6. The number of thioether (sulfide) groups is 1. The molecule has 1 fully saturated rings. The molecule has 0 aliphatic carbocycles. The summed E-state index contributed by atoms with van der Waals surface area (Å²) in [6.45, 7) is 1.01. The first-order chi connectivity index (χ1) is 15.1. The summed E-state index contributed by atoms with van der Waals surface area (Å²) in [5.74, 6) is 1.22. The Morgan fingerprint density at radius 3 is 2.71 bits per heavy atom. The Morgan fingerprint density at radius 2 is 1.90 bits per heavy atom. The van der Waals surface area contributed by atoms with Gasteiger partial charge >= 0.3 is 0 Å². The lowest BCUT2D eigenvalue weighted by molar-refractivity contribution is -0.120. The second-order valence-corrected chi connectivity index (χ2v) is 8.56. The molecule has 3 aromatic rings. The van der Waals surface area contributed by atoms with Crippen LogP contribution in [0.1, 0.15) is 24.8 Å². The number of rotatable bonds is 6. The summed E-state index contributed by atoms with van der Waals surface area (Å²) < 4.78 is 12.4. The van der Waals surface area contributed by atoms with Gasteiger partial charge in [-0.05, 0) is 42.7 Å². The monoisotopic (exact) mass is 439 g/mol. The van der Waals surface area contributed by atoms with Gasteiger partial charge < -0.3 is 14.8 Å². The highest BCUT2D eigenvalue weighted by molar-refractivity contribution is 8.00. The molecule has 0 radical (unpaired) electrons. The Bertz CT molecular complexity index is 1160. The van der Waals surface area contributed by atoms with Crippen molar-refractivity contribution in [3.8, 4) is 11.5 Å². The first kappa shape index (κ1) is 21.2. The third-order valence-electron chi connectivity index (χ3n) is 5.35. The van der Waals surface area contributed by atoms with E-state index in [0.29, 0.717) is 40.6 Å². The fourth-order valence-corrected chi connectivity index (χ4v) is 4.84. The minimum Gasteiger partial charge on any atom is -0.493 e. The number of carbonyl (C=O) groups excluding carboxylic acids is 1. The number of para-hydroxylation sites is 1. The quantitative estimate of drug-likeness (QED) is 0.594. The lowest BCUT2D eigenvalue weighted by atomic mass is 10.2. The molecule has 1 aromatic heterocycles.